The summed E-state index contributed by atoms with van der Waals surface area (Å²) >= 11 is 0. The van der Waals surface area contributed by atoms with Crippen molar-refractivity contribution in [3.05, 3.63) is 0 Å². The molecule has 0 aromatic rings. The van der Waals surface area contributed by atoms with Crippen molar-refractivity contribution >= 4 is 15.9 Å². The predicted octanol–water partition coefficient (Wildman–Crippen LogP) is 1.59. The standard InChI is InChI=1S/C20H34F3N3O4S/c21-16-7-4-13(10-15(16)19(22)23)25-20(28)11-1-8-17(24)18(9-11)31(29,30)26-12-2-5-14(27)6-3-12/h11-19,26-27H,1-10,24H2,(H,25,28). The number of nitrogens with one attached hydrogen (secondary N) is 2. The van der Waals surface area contributed by atoms with Crippen molar-refractivity contribution in [2.75, 3.05) is 0 Å². The average molecular weight is 470 g/mol. The highest BCUT2D eigenvalue weighted by Crippen LogP contribution is 2.33. The fourth-order valence-electron chi connectivity index (χ4n) is 5.14. The Morgan fingerprint density at radius 2 is 1.61 bits per heavy atom. The van der Waals surface area contributed by atoms with Gasteiger partial charge in [0.1, 0.15) is 6.17 Å². The van der Waals surface area contributed by atoms with Gasteiger partial charge in [0.05, 0.1) is 17.3 Å². The van der Waals surface area contributed by atoms with Gasteiger partial charge < -0.3 is 16.2 Å². The third-order valence-corrected chi connectivity index (χ3v) is 9.12. The van der Waals surface area contributed by atoms with Gasteiger partial charge in [0.25, 0.3) is 0 Å². The molecule has 3 fully saturated rings. The van der Waals surface area contributed by atoms with Gasteiger partial charge in [-0.25, -0.2) is 26.3 Å². The molecule has 6 atom stereocenters. The summed E-state index contributed by atoms with van der Waals surface area (Å²) in [6.45, 7) is 0. The van der Waals surface area contributed by atoms with Crippen LogP contribution in [0.15, 0.2) is 0 Å². The largest absolute Gasteiger partial charge is 0.393 e. The van der Waals surface area contributed by atoms with Gasteiger partial charge in [-0.1, -0.05) is 0 Å². The number of alkyl halides is 3. The number of carbonyl (C=O) groups excluding carboxylic acids is 1. The molecule has 3 rings (SSSR count). The maximum Gasteiger partial charge on any atom is 0.244 e. The fraction of sp³-hybridized carbons (Fsp3) is 0.950. The SMILES string of the molecule is NC1CCC(C(=O)NC2CCC(F)C(C(F)F)C2)CC1S(=O)(=O)NC1CCC(O)CC1. The van der Waals surface area contributed by atoms with Crippen molar-refractivity contribution in [3.63, 3.8) is 0 Å². The molecule has 6 unspecified atom stereocenters. The van der Waals surface area contributed by atoms with Gasteiger partial charge in [-0.05, 0) is 64.2 Å². The predicted molar refractivity (Wildman–Crippen MR) is 110 cm³/mol. The van der Waals surface area contributed by atoms with Crippen LogP contribution >= 0.6 is 0 Å². The molecule has 1 amide bonds. The Bertz CT molecular complexity index is 718. The van der Waals surface area contributed by atoms with Crippen LogP contribution in [0.3, 0.4) is 0 Å². The molecule has 180 valence electrons. The number of amides is 1. The highest BCUT2D eigenvalue weighted by atomic mass is 32.2. The zero-order valence-electron chi connectivity index (χ0n) is 17.6. The number of hydrogen-bond donors (Lipinski definition) is 4. The van der Waals surface area contributed by atoms with Crippen molar-refractivity contribution in [1.82, 2.24) is 10.0 Å². The van der Waals surface area contributed by atoms with Gasteiger partial charge in [-0.3, -0.25) is 4.79 Å². The maximum atomic E-state index is 13.7. The molecule has 0 aliphatic heterocycles. The molecule has 0 spiro atoms. The smallest absolute Gasteiger partial charge is 0.244 e. The Hall–Kier alpha value is -0.910. The lowest BCUT2D eigenvalue weighted by Gasteiger charge is -2.36. The summed E-state index contributed by atoms with van der Waals surface area (Å²) in [7, 11) is -3.76. The first-order chi connectivity index (χ1) is 14.6. The molecule has 3 saturated carbocycles. The minimum Gasteiger partial charge on any atom is -0.393 e. The van der Waals surface area contributed by atoms with Crippen LogP contribution in [0.1, 0.15) is 64.2 Å². The summed E-state index contributed by atoms with van der Waals surface area (Å²) in [4.78, 5) is 12.8. The molecule has 31 heavy (non-hydrogen) atoms. The maximum absolute atomic E-state index is 13.7. The highest BCUT2D eigenvalue weighted by Gasteiger charge is 2.42. The summed E-state index contributed by atoms with van der Waals surface area (Å²) in [6, 6.07) is -1.38. The molecule has 11 heteroatoms. The normalized spacial score (nSPS) is 39.9. The molecule has 0 bridgehead atoms. The summed E-state index contributed by atoms with van der Waals surface area (Å²) < 4.78 is 68.4. The quantitative estimate of drug-likeness (QED) is 0.471. The van der Waals surface area contributed by atoms with Crippen LogP contribution < -0.4 is 15.8 Å². The van der Waals surface area contributed by atoms with Crippen LogP contribution in [0.25, 0.3) is 0 Å². The van der Waals surface area contributed by atoms with E-state index in [-0.39, 0.29) is 31.2 Å². The van der Waals surface area contributed by atoms with E-state index in [4.69, 9.17) is 5.73 Å². The molecular weight excluding hydrogens is 435 g/mol. The topological polar surface area (TPSA) is 122 Å². The first-order valence-corrected chi connectivity index (χ1v) is 12.8. The highest BCUT2D eigenvalue weighted by molar-refractivity contribution is 7.90. The Kier molecular flexibility index (Phi) is 8.26. The summed E-state index contributed by atoms with van der Waals surface area (Å²) in [5, 5.41) is 11.4. The van der Waals surface area contributed by atoms with Crippen LogP contribution in [0.5, 0.6) is 0 Å². The summed E-state index contributed by atoms with van der Waals surface area (Å²) in [5.74, 6) is -2.34. The van der Waals surface area contributed by atoms with E-state index in [0.29, 0.717) is 44.9 Å². The summed E-state index contributed by atoms with van der Waals surface area (Å²) in [6.07, 6.45) is -1.56. The minimum atomic E-state index is -3.76. The van der Waals surface area contributed by atoms with Crippen LogP contribution in [0, 0.1) is 11.8 Å². The lowest BCUT2D eigenvalue weighted by Crippen LogP contribution is -2.54. The van der Waals surface area contributed by atoms with Gasteiger partial charge in [0, 0.05) is 24.0 Å². The van der Waals surface area contributed by atoms with Gasteiger partial charge in [0.2, 0.25) is 22.4 Å². The number of aliphatic hydroxyl groups excluding tert-OH is 1. The number of hydrogen-bond acceptors (Lipinski definition) is 5. The van der Waals surface area contributed by atoms with Gasteiger partial charge in [0.15, 0.2) is 0 Å². The minimum absolute atomic E-state index is 0.0213. The van der Waals surface area contributed by atoms with Crippen molar-refractivity contribution in [2.45, 2.75) is 106 Å². The Balaban J connectivity index is 1.57. The molecule has 3 aliphatic rings. The molecule has 0 saturated heterocycles. The number of halogens is 3. The van der Waals surface area contributed by atoms with Crippen molar-refractivity contribution < 1.29 is 31.5 Å². The van der Waals surface area contributed by atoms with E-state index in [1.54, 1.807) is 0 Å². The number of sulfonamides is 1. The van der Waals surface area contributed by atoms with Crippen molar-refractivity contribution in [3.8, 4) is 0 Å². The average Bonchev–Trinajstić information content (AvgIpc) is 2.71. The van der Waals surface area contributed by atoms with Crippen LogP contribution in [-0.2, 0) is 14.8 Å². The Morgan fingerprint density at radius 3 is 2.26 bits per heavy atom. The zero-order chi connectivity index (χ0) is 22.8. The lowest BCUT2D eigenvalue weighted by atomic mass is 9.82. The third kappa shape index (κ3) is 6.33. The molecular formula is C20H34F3N3O4S. The second-order valence-electron chi connectivity index (χ2n) is 9.41. The van der Waals surface area contributed by atoms with Crippen LogP contribution in [0.4, 0.5) is 13.2 Å². The van der Waals surface area contributed by atoms with E-state index in [9.17, 15) is 31.5 Å². The third-order valence-electron chi connectivity index (χ3n) is 7.12. The van der Waals surface area contributed by atoms with E-state index in [1.807, 2.05) is 0 Å². The van der Waals surface area contributed by atoms with Crippen LogP contribution in [-0.4, -0.2) is 61.5 Å². The first kappa shape index (κ1) is 24.7. The second kappa shape index (κ2) is 10.4. The Morgan fingerprint density at radius 1 is 0.968 bits per heavy atom. The number of rotatable bonds is 6. The van der Waals surface area contributed by atoms with E-state index in [2.05, 4.69) is 10.0 Å². The molecule has 0 aromatic heterocycles. The van der Waals surface area contributed by atoms with Crippen LogP contribution in [0.2, 0.25) is 0 Å². The monoisotopic (exact) mass is 469 g/mol. The fourth-order valence-corrected chi connectivity index (χ4v) is 7.10. The van der Waals surface area contributed by atoms with E-state index in [1.165, 1.54) is 0 Å². The van der Waals surface area contributed by atoms with Crippen molar-refractivity contribution in [1.29, 1.82) is 0 Å². The first-order valence-electron chi connectivity index (χ1n) is 11.2. The number of carbonyl (C=O) groups is 1. The molecule has 0 heterocycles. The molecule has 0 aromatic carbocycles. The van der Waals surface area contributed by atoms with E-state index in [0.717, 1.165) is 0 Å². The van der Waals surface area contributed by atoms with E-state index >= 15 is 0 Å². The number of aliphatic hydroxyl groups is 1. The summed E-state index contributed by atoms with van der Waals surface area (Å²) in [5.41, 5.74) is 6.09. The molecule has 7 nitrogen and oxygen atoms in total. The molecule has 3 aliphatic carbocycles. The van der Waals surface area contributed by atoms with Gasteiger partial charge >= 0.3 is 0 Å². The van der Waals surface area contributed by atoms with Crippen molar-refractivity contribution in [2.24, 2.45) is 17.6 Å². The Labute approximate surface area is 181 Å². The lowest BCUT2D eigenvalue weighted by molar-refractivity contribution is -0.127. The molecule has 0 radical (unpaired) electrons. The molecule has 5 N–H and O–H groups in total. The van der Waals surface area contributed by atoms with Gasteiger partial charge in [-0.15, -0.1) is 0 Å². The second-order valence-corrected chi connectivity index (χ2v) is 11.3. The zero-order valence-corrected chi connectivity index (χ0v) is 18.4. The van der Waals surface area contributed by atoms with E-state index < -0.39 is 57.9 Å². The number of nitrogens with two attached hydrogens (primary N) is 1. The van der Waals surface area contributed by atoms with Gasteiger partial charge in [-0.2, -0.15) is 0 Å².